The first kappa shape index (κ1) is 19.4. The molecule has 27 heavy (non-hydrogen) atoms. The third kappa shape index (κ3) is 6.10. The highest BCUT2D eigenvalue weighted by atomic mass is 32.2. The van der Waals surface area contributed by atoms with Crippen molar-refractivity contribution >= 4 is 29.0 Å². The van der Waals surface area contributed by atoms with Crippen molar-refractivity contribution in [1.29, 1.82) is 0 Å². The van der Waals surface area contributed by atoms with Crippen LogP contribution in [0.25, 0.3) is 0 Å². The fourth-order valence-corrected chi connectivity index (χ4v) is 4.23. The molecule has 0 aromatic heterocycles. The Balaban J connectivity index is 1.47. The van der Waals surface area contributed by atoms with Gasteiger partial charge in [-0.1, -0.05) is 43.9 Å². The molecule has 6 heteroatoms. The zero-order valence-corrected chi connectivity index (χ0v) is 16.0. The maximum atomic E-state index is 12.1. The molecule has 1 aliphatic rings. The summed E-state index contributed by atoms with van der Waals surface area (Å²) in [5, 5.41) is 13.7. The van der Waals surface area contributed by atoms with E-state index in [0.717, 1.165) is 21.9 Å². The molecule has 0 saturated heterocycles. The van der Waals surface area contributed by atoms with E-state index >= 15 is 0 Å². The zero-order chi connectivity index (χ0) is 19.1. The number of nitro groups is 1. The molecule has 142 valence electrons. The van der Waals surface area contributed by atoms with Crippen molar-refractivity contribution in [2.75, 3.05) is 5.32 Å². The van der Waals surface area contributed by atoms with Crippen LogP contribution in [0, 0.1) is 16.0 Å². The van der Waals surface area contributed by atoms with Gasteiger partial charge in [0.25, 0.3) is 5.69 Å². The smallest absolute Gasteiger partial charge is 0.269 e. The van der Waals surface area contributed by atoms with E-state index in [9.17, 15) is 14.9 Å². The Hall–Kier alpha value is -2.34. The number of carbonyl (C=O) groups excluding carboxylic acids is 1. The number of hydrogen-bond donors (Lipinski definition) is 1. The number of anilines is 1. The zero-order valence-electron chi connectivity index (χ0n) is 15.2. The second kappa shape index (κ2) is 9.55. The Labute approximate surface area is 163 Å². The Morgan fingerprint density at radius 3 is 2.19 bits per heavy atom. The quantitative estimate of drug-likeness (QED) is 0.466. The number of rotatable bonds is 7. The van der Waals surface area contributed by atoms with Gasteiger partial charge in [-0.3, -0.25) is 14.9 Å². The molecule has 1 saturated carbocycles. The van der Waals surface area contributed by atoms with Crippen molar-refractivity contribution in [3.05, 3.63) is 58.6 Å². The van der Waals surface area contributed by atoms with Crippen molar-refractivity contribution in [3.63, 3.8) is 0 Å². The first-order valence-electron chi connectivity index (χ1n) is 9.42. The van der Waals surface area contributed by atoms with Gasteiger partial charge in [-0.2, -0.15) is 0 Å². The van der Waals surface area contributed by atoms with E-state index < -0.39 is 4.92 Å². The molecule has 2 aromatic carbocycles. The minimum Gasteiger partial charge on any atom is -0.326 e. The number of hydrogen-bond acceptors (Lipinski definition) is 4. The molecule has 1 amide bonds. The molecule has 1 fully saturated rings. The van der Waals surface area contributed by atoms with Crippen LogP contribution in [-0.4, -0.2) is 10.8 Å². The number of nitrogens with one attached hydrogen (secondary N) is 1. The number of amides is 1. The van der Waals surface area contributed by atoms with Crippen molar-refractivity contribution in [1.82, 2.24) is 0 Å². The summed E-state index contributed by atoms with van der Waals surface area (Å²) < 4.78 is 0. The molecule has 3 rings (SSSR count). The molecule has 0 aliphatic heterocycles. The molecule has 2 aromatic rings. The molecule has 1 aliphatic carbocycles. The lowest BCUT2D eigenvalue weighted by Gasteiger charge is -2.21. The second-order valence-corrected chi connectivity index (χ2v) is 8.12. The van der Waals surface area contributed by atoms with E-state index in [1.54, 1.807) is 12.1 Å². The number of benzene rings is 2. The molecule has 0 atom stereocenters. The Kier molecular flexibility index (Phi) is 6.87. The normalized spacial score (nSPS) is 14.7. The van der Waals surface area contributed by atoms with Crippen molar-refractivity contribution in [2.24, 2.45) is 5.92 Å². The summed E-state index contributed by atoms with van der Waals surface area (Å²) in [7, 11) is 0. The van der Waals surface area contributed by atoms with E-state index in [-0.39, 0.29) is 11.6 Å². The lowest BCUT2D eigenvalue weighted by Crippen LogP contribution is -2.14. The molecule has 0 heterocycles. The highest BCUT2D eigenvalue weighted by Crippen LogP contribution is 2.30. The van der Waals surface area contributed by atoms with Gasteiger partial charge in [0.2, 0.25) is 5.91 Å². The van der Waals surface area contributed by atoms with Crippen LogP contribution in [-0.2, 0) is 4.79 Å². The molecule has 0 spiro atoms. The summed E-state index contributed by atoms with van der Waals surface area (Å²) in [6, 6.07) is 14.2. The lowest BCUT2D eigenvalue weighted by molar-refractivity contribution is -0.384. The largest absolute Gasteiger partial charge is 0.326 e. The van der Waals surface area contributed by atoms with Crippen LogP contribution in [0.5, 0.6) is 0 Å². The van der Waals surface area contributed by atoms with Gasteiger partial charge < -0.3 is 5.32 Å². The number of nitrogens with zero attached hydrogens (tertiary/aromatic N) is 1. The van der Waals surface area contributed by atoms with E-state index in [1.165, 1.54) is 56.0 Å². The van der Waals surface area contributed by atoms with Gasteiger partial charge >= 0.3 is 0 Å². The second-order valence-electron chi connectivity index (χ2n) is 6.97. The molecular formula is C21H24N2O3S. The molecule has 0 radical (unpaired) electrons. The fourth-order valence-electron chi connectivity index (χ4n) is 3.41. The first-order valence-corrected chi connectivity index (χ1v) is 10.2. The van der Waals surface area contributed by atoms with E-state index in [0.29, 0.717) is 12.3 Å². The summed E-state index contributed by atoms with van der Waals surface area (Å²) >= 11 is 1.53. The molecule has 0 unspecified atom stereocenters. The van der Waals surface area contributed by atoms with E-state index in [1.807, 2.05) is 24.3 Å². The van der Waals surface area contributed by atoms with E-state index in [4.69, 9.17) is 0 Å². The monoisotopic (exact) mass is 384 g/mol. The first-order chi connectivity index (χ1) is 13.1. The van der Waals surface area contributed by atoms with Gasteiger partial charge in [0, 0.05) is 34.0 Å². The summed E-state index contributed by atoms with van der Waals surface area (Å²) in [6.07, 6.45) is 8.06. The van der Waals surface area contributed by atoms with Crippen LogP contribution in [0.1, 0.15) is 44.9 Å². The summed E-state index contributed by atoms with van der Waals surface area (Å²) in [4.78, 5) is 24.4. The highest BCUT2D eigenvalue weighted by Gasteiger charge is 2.15. The Bertz CT molecular complexity index is 769. The van der Waals surface area contributed by atoms with Crippen LogP contribution in [0.4, 0.5) is 11.4 Å². The van der Waals surface area contributed by atoms with Crippen molar-refractivity contribution in [3.8, 4) is 0 Å². The SMILES string of the molecule is O=C(CCC1CCCCC1)Nc1ccc(Sc2ccc([N+](=O)[O-])cc2)cc1. The maximum Gasteiger partial charge on any atom is 0.269 e. The molecular weight excluding hydrogens is 360 g/mol. The van der Waals surface area contributed by atoms with Crippen LogP contribution in [0.15, 0.2) is 58.3 Å². The van der Waals surface area contributed by atoms with Crippen LogP contribution < -0.4 is 5.32 Å². The predicted molar refractivity (Wildman–Crippen MR) is 108 cm³/mol. The highest BCUT2D eigenvalue weighted by molar-refractivity contribution is 7.99. The predicted octanol–water partition coefficient (Wildman–Crippen LogP) is 6.05. The summed E-state index contributed by atoms with van der Waals surface area (Å²) in [6.45, 7) is 0. The molecule has 0 bridgehead atoms. The van der Waals surface area contributed by atoms with Gasteiger partial charge in [0.1, 0.15) is 0 Å². The maximum absolute atomic E-state index is 12.1. The van der Waals surface area contributed by atoms with Crippen molar-refractivity contribution in [2.45, 2.75) is 54.7 Å². The van der Waals surface area contributed by atoms with Gasteiger partial charge in [-0.25, -0.2) is 0 Å². The molecule has 1 N–H and O–H groups in total. The number of nitro benzene ring substituents is 1. The third-order valence-corrected chi connectivity index (χ3v) is 5.94. The summed E-state index contributed by atoms with van der Waals surface area (Å²) in [5.41, 5.74) is 0.891. The standard InChI is InChI=1S/C21H24N2O3S/c24-21(15-6-16-4-2-1-3-5-16)22-17-7-11-19(12-8-17)27-20-13-9-18(10-14-20)23(25)26/h7-14,16H,1-6,15H2,(H,22,24). The van der Waals surface area contributed by atoms with Gasteiger partial charge in [-0.15, -0.1) is 0 Å². The average molecular weight is 385 g/mol. The van der Waals surface area contributed by atoms with Crippen LogP contribution >= 0.6 is 11.8 Å². The fraction of sp³-hybridized carbons (Fsp3) is 0.381. The van der Waals surface area contributed by atoms with Gasteiger partial charge in [-0.05, 0) is 48.7 Å². The molecule has 5 nitrogen and oxygen atoms in total. The Morgan fingerprint density at radius 2 is 1.59 bits per heavy atom. The Morgan fingerprint density at radius 1 is 1.00 bits per heavy atom. The minimum atomic E-state index is -0.403. The van der Waals surface area contributed by atoms with Gasteiger partial charge in [0.15, 0.2) is 0 Å². The minimum absolute atomic E-state index is 0.0799. The topological polar surface area (TPSA) is 72.2 Å². The summed E-state index contributed by atoms with van der Waals surface area (Å²) in [5.74, 6) is 0.793. The van der Waals surface area contributed by atoms with Gasteiger partial charge in [0.05, 0.1) is 4.92 Å². The third-order valence-electron chi connectivity index (χ3n) is 4.93. The number of carbonyl (C=O) groups is 1. The average Bonchev–Trinajstić information content (AvgIpc) is 2.69. The van der Waals surface area contributed by atoms with E-state index in [2.05, 4.69) is 5.32 Å². The van der Waals surface area contributed by atoms with Crippen molar-refractivity contribution < 1.29 is 9.72 Å². The van der Waals surface area contributed by atoms with Crippen LogP contribution in [0.2, 0.25) is 0 Å². The number of non-ortho nitro benzene ring substituents is 1. The lowest BCUT2D eigenvalue weighted by atomic mass is 9.86. The van der Waals surface area contributed by atoms with Crippen LogP contribution in [0.3, 0.4) is 0 Å².